The number of hydrogen-bond acceptors (Lipinski definition) is 7. The monoisotopic (exact) mass is 522 g/mol. The molecule has 0 radical (unpaired) electrons. The van der Waals surface area contributed by atoms with Gasteiger partial charge in [-0.2, -0.15) is 0 Å². The zero-order valence-corrected chi connectivity index (χ0v) is 20.6. The van der Waals surface area contributed by atoms with Crippen LogP contribution in [0.2, 0.25) is 0 Å². The van der Waals surface area contributed by atoms with Gasteiger partial charge in [-0.15, -0.1) is 0 Å². The number of nitrogens with one attached hydrogen (secondary N) is 4. The standard InChI is InChI=1S/C20H34N4O10S/c1-12(6-8-18(29)30)23-14(25)11-22-20(33)13(7-9-19(31)32)24-15(26)10-21-16(35-34-2)4-3-5-17(27)28/h12-13,21,35H,3-11H2,1-2H3,(H,22,33)(H,23,25)(H,24,26)(H,27,28)(H,29,30)(H,31,32). The smallest absolute Gasteiger partial charge is 0.303 e. The lowest BCUT2D eigenvalue weighted by atomic mass is 10.1. The normalized spacial score (nSPS) is 13.0. The Balaban J connectivity index is 4.80. The zero-order chi connectivity index (χ0) is 26.8. The van der Waals surface area contributed by atoms with E-state index in [0.717, 1.165) is 0 Å². The molecular formula is C20H34N4O10S. The first kappa shape index (κ1) is 32.0. The second-order valence-corrected chi connectivity index (χ2v) is 8.58. The Morgan fingerprint density at radius 3 is 1.89 bits per heavy atom. The SMILES string of the molecule is CO[SH]=C(CCCC(=O)O)NCC(=O)NC(CCC(=O)O)C(=O)NCC(=O)NC(C)CCC(=O)O. The lowest BCUT2D eigenvalue weighted by Crippen LogP contribution is -2.51. The maximum absolute atomic E-state index is 12.5. The molecule has 2 unspecified atom stereocenters. The van der Waals surface area contributed by atoms with Crippen molar-refractivity contribution >= 4 is 52.2 Å². The number of rotatable bonds is 18. The van der Waals surface area contributed by atoms with E-state index in [-0.39, 0.29) is 32.2 Å². The number of carboxylic acids is 3. The van der Waals surface area contributed by atoms with Gasteiger partial charge in [0.25, 0.3) is 0 Å². The van der Waals surface area contributed by atoms with Crippen LogP contribution in [0.15, 0.2) is 0 Å². The Hall–Kier alpha value is -3.04. The number of amides is 3. The first-order valence-corrected chi connectivity index (χ1v) is 11.6. The van der Waals surface area contributed by atoms with Gasteiger partial charge in [0.1, 0.15) is 6.04 Å². The average Bonchev–Trinajstić information content (AvgIpc) is 2.76. The molecule has 0 bridgehead atoms. The minimum absolute atomic E-state index is 0.0556. The van der Waals surface area contributed by atoms with Crippen LogP contribution in [0.3, 0.4) is 0 Å². The first-order valence-electron chi connectivity index (χ1n) is 10.8. The summed E-state index contributed by atoms with van der Waals surface area (Å²) >= 11 is 0.409. The van der Waals surface area contributed by atoms with Crippen LogP contribution in [-0.4, -0.2) is 88.2 Å². The Kier molecular flexibility index (Phi) is 16.7. The van der Waals surface area contributed by atoms with Crippen LogP contribution < -0.4 is 21.3 Å². The second-order valence-electron chi connectivity index (χ2n) is 7.49. The van der Waals surface area contributed by atoms with Crippen LogP contribution in [0.25, 0.3) is 0 Å². The molecule has 2 atom stereocenters. The van der Waals surface area contributed by atoms with Gasteiger partial charge in [-0.1, -0.05) is 11.6 Å². The maximum atomic E-state index is 12.5. The Bertz CT molecular complexity index is 790. The molecule has 0 rings (SSSR count). The van der Waals surface area contributed by atoms with Gasteiger partial charge in [0, 0.05) is 37.4 Å². The fraction of sp³-hybridized carbons (Fsp3) is 0.650. The summed E-state index contributed by atoms with van der Waals surface area (Å²) in [6, 6.07) is -1.65. The van der Waals surface area contributed by atoms with Crippen LogP contribution in [0.4, 0.5) is 0 Å². The van der Waals surface area contributed by atoms with Gasteiger partial charge >= 0.3 is 17.9 Å². The van der Waals surface area contributed by atoms with Crippen molar-refractivity contribution in [2.24, 2.45) is 0 Å². The molecule has 0 spiro atoms. The minimum atomic E-state index is -1.21. The fourth-order valence-corrected chi connectivity index (χ4v) is 3.29. The molecule has 0 aromatic heterocycles. The van der Waals surface area contributed by atoms with Crippen LogP contribution in [0.5, 0.6) is 0 Å². The zero-order valence-electron chi connectivity index (χ0n) is 19.7. The van der Waals surface area contributed by atoms with Gasteiger partial charge in [0.05, 0.1) is 13.1 Å². The van der Waals surface area contributed by atoms with Crippen molar-refractivity contribution in [2.75, 3.05) is 20.2 Å². The summed E-state index contributed by atoms with van der Waals surface area (Å²) < 4.78 is 4.98. The highest BCUT2D eigenvalue weighted by molar-refractivity contribution is 7.94. The largest absolute Gasteiger partial charge is 0.481 e. The van der Waals surface area contributed by atoms with Crippen LogP contribution in [0, 0.1) is 0 Å². The summed E-state index contributed by atoms with van der Waals surface area (Å²) in [5, 5.41) is 36.4. The van der Waals surface area contributed by atoms with E-state index >= 15 is 0 Å². The topological polar surface area (TPSA) is 220 Å². The molecule has 0 heterocycles. The van der Waals surface area contributed by atoms with Crippen molar-refractivity contribution in [1.82, 2.24) is 21.3 Å². The summed E-state index contributed by atoms with van der Waals surface area (Å²) in [5.74, 6) is -5.07. The lowest BCUT2D eigenvalue weighted by Gasteiger charge is -2.19. The van der Waals surface area contributed by atoms with E-state index in [1.165, 1.54) is 7.11 Å². The third-order valence-electron chi connectivity index (χ3n) is 4.38. The number of carbonyl (C=O) groups excluding carboxylic acids is 3. The molecule has 0 saturated carbocycles. The quantitative estimate of drug-likeness (QED) is 0.0791. The molecule has 14 nitrogen and oxygen atoms in total. The van der Waals surface area contributed by atoms with Gasteiger partial charge in [-0.25, -0.2) is 0 Å². The predicted octanol–water partition coefficient (Wildman–Crippen LogP) is -1.18. The Labute approximate surface area is 206 Å². The van der Waals surface area contributed by atoms with Gasteiger partial charge in [0.2, 0.25) is 17.7 Å². The highest BCUT2D eigenvalue weighted by Crippen LogP contribution is 2.02. The van der Waals surface area contributed by atoms with Crippen molar-refractivity contribution in [3.63, 3.8) is 0 Å². The van der Waals surface area contributed by atoms with E-state index in [9.17, 15) is 28.8 Å². The average molecular weight is 523 g/mol. The minimum Gasteiger partial charge on any atom is -0.481 e. The molecule has 0 aliphatic rings. The molecule has 7 N–H and O–H groups in total. The fourth-order valence-electron chi connectivity index (χ4n) is 2.68. The van der Waals surface area contributed by atoms with E-state index < -0.39 is 60.7 Å². The molecule has 0 aromatic rings. The van der Waals surface area contributed by atoms with Crippen molar-refractivity contribution in [3.8, 4) is 0 Å². The summed E-state index contributed by atoms with van der Waals surface area (Å²) in [6.45, 7) is 0.904. The first-order chi connectivity index (χ1) is 16.4. The second kappa shape index (κ2) is 18.3. The Morgan fingerprint density at radius 2 is 1.31 bits per heavy atom. The molecule has 0 aromatic carbocycles. The van der Waals surface area contributed by atoms with E-state index in [2.05, 4.69) is 21.3 Å². The maximum Gasteiger partial charge on any atom is 0.303 e. The van der Waals surface area contributed by atoms with E-state index in [4.69, 9.17) is 19.5 Å². The number of thiol groups is 1. The van der Waals surface area contributed by atoms with Crippen molar-refractivity contribution < 1.29 is 48.3 Å². The van der Waals surface area contributed by atoms with Gasteiger partial charge < -0.3 is 35.5 Å². The summed E-state index contributed by atoms with van der Waals surface area (Å²) in [6.07, 6.45) is 0.0765. The van der Waals surface area contributed by atoms with Crippen molar-refractivity contribution in [3.05, 3.63) is 0 Å². The van der Waals surface area contributed by atoms with Crippen LogP contribution >= 0.6 is 11.6 Å². The highest BCUT2D eigenvalue weighted by atomic mass is 32.2. The number of aliphatic carboxylic acids is 3. The van der Waals surface area contributed by atoms with Gasteiger partial charge in [-0.05, 0) is 32.6 Å². The molecule has 3 amide bonds. The summed E-state index contributed by atoms with van der Waals surface area (Å²) in [5.41, 5.74) is 0. The van der Waals surface area contributed by atoms with Gasteiger partial charge in [0.15, 0.2) is 0 Å². The number of carbonyl (C=O) groups is 6. The predicted molar refractivity (Wildman–Crippen MR) is 127 cm³/mol. The van der Waals surface area contributed by atoms with Gasteiger partial charge in [-0.3, -0.25) is 34.1 Å². The molecule has 15 heteroatoms. The molecule has 0 aliphatic carbocycles. The summed E-state index contributed by atoms with van der Waals surface area (Å²) in [4.78, 5) is 69.5. The third-order valence-corrected chi connectivity index (χ3v) is 5.16. The van der Waals surface area contributed by atoms with E-state index in [1.807, 2.05) is 0 Å². The molecule has 0 aliphatic heterocycles. The Morgan fingerprint density at radius 1 is 0.771 bits per heavy atom. The molecule has 35 heavy (non-hydrogen) atoms. The molecular weight excluding hydrogens is 488 g/mol. The molecule has 0 saturated heterocycles. The van der Waals surface area contributed by atoms with E-state index in [0.29, 0.717) is 29.5 Å². The van der Waals surface area contributed by atoms with Crippen LogP contribution in [0.1, 0.15) is 51.9 Å². The number of carboxylic acid groups (broad SMARTS) is 3. The summed E-state index contributed by atoms with van der Waals surface area (Å²) in [7, 11) is 1.43. The lowest BCUT2D eigenvalue weighted by molar-refractivity contribution is -0.138. The van der Waals surface area contributed by atoms with Crippen molar-refractivity contribution in [1.29, 1.82) is 0 Å². The van der Waals surface area contributed by atoms with Crippen molar-refractivity contribution in [2.45, 2.75) is 64.0 Å². The van der Waals surface area contributed by atoms with Crippen LogP contribution in [-0.2, 0) is 33.0 Å². The number of hydrogen-bond donors (Lipinski definition) is 8. The molecule has 0 fully saturated rings. The molecule has 200 valence electrons. The highest BCUT2D eigenvalue weighted by Gasteiger charge is 2.22. The van der Waals surface area contributed by atoms with E-state index in [1.54, 1.807) is 6.92 Å². The third kappa shape index (κ3) is 18.0.